The zero-order valence-electron chi connectivity index (χ0n) is 16.0. The van der Waals surface area contributed by atoms with E-state index in [9.17, 15) is 10.1 Å². The van der Waals surface area contributed by atoms with Gasteiger partial charge in [-0.05, 0) is 18.9 Å². The lowest BCUT2D eigenvalue weighted by Gasteiger charge is -2.45. The highest BCUT2D eigenvalue weighted by Crippen LogP contribution is 2.47. The molecule has 1 aromatic rings. The molecule has 4 rings (SSSR count). The summed E-state index contributed by atoms with van der Waals surface area (Å²) < 4.78 is 11.0. The quantitative estimate of drug-likeness (QED) is 0.858. The van der Waals surface area contributed by atoms with Gasteiger partial charge in [-0.15, -0.1) is 0 Å². The second-order valence-corrected chi connectivity index (χ2v) is 7.10. The predicted octanol–water partition coefficient (Wildman–Crippen LogP) is 2.04. The molecule has 0 radical (unpaired) electrons. The maximum atomic E-state index is 13.1. The van der Waals surface area contributed by atoms with Gasteiger partial charge in [0.25, 0.3) is 0 Å². The van der Waals surface area contributed by atoms with E-state index in [4.69, 9.17) is 15.2 Å². The van der Waals surface area contributed by atoms with E-state index < -0.39 is 5.92 Å². The average Bonchev–Trinajstić information content (AvgIpc) is 2.73. The highest BCUT2D eigenvalue weighted by Gasteiger charge is 2.42. The first-order chi connectivity index (χ1) is 13.7. The Morgan fingerprint density at radius 3 is 2.71 bits per heavy atom. The Balaban J connectivity index is 1.91. The standard InChI is InChI=1S/C21H24N4O3/c1-27-18-8-3-2-5-14(18)19-15(13-22)21(23)25(24-9-11-28-12-10-24)16-6-4-7-17(26)20(16)19/h2-3,5,8,19H,4,6-7,9-12,23H2,1H3. The Morgan fingerprint density at radius 2 is 2.00 bits per heavy atom. The molecule has 1 unspecified atom stereocenters. The molecule has 1 aliphatic carbocycles. The number of allylic oxidation sites excluding steroid dienone is 3. The molecule has 1 saturated heterocycles. The summed E-state index contributed by atoms with van der Waals surface area (Å²) in [7, 11) is 1.60. The Bertz CT molecular complexity index is 893. The van der Waals surface area contributed by atoms with Crippen LogP contribution < -0.4 is 10.5 Å². The lowest BCUT2D eigenvalue weighted by Crippen LogP contribution is -2.52. The molecule has 0 amide bonds. The smallest absolute Gasteiger partial charge is 0.161 e. The third kappa shape index (κ3) is 2.95. The number of hydrogen-bond donors (Lipinski definition) is 1. The van der Waals surface area contributed by atoms with E-state index in [1.165, 1.54) is 0 Å². The van der Waals surface area contributed by atoms with Crippen LogP contribution >= 0.6 is 0 Å². The fourth-order valence-electron chi connectivity index (χ4n) is 4.36. The van der Waals surface area contributed by atoms with E-state index in [1.54, 1.807) is 7.11 Å². The maximum Gasteiger partial charge on any atom is 0.161 e. The normalized spacial score (nSPS) is 23.5. The Hall–Kier alpha value is -2.82. The van der Waals surface area contributed by atoms with Crippen LogP contribution in [-0.2, 0) is 9.53 Å². The summed E-state index contributed by atoms with van der Waals surface area (Å²) in [5.41, 5.74) is 9.33. The van der Waals surface area contributed by atoms with Crippen LogP contribution in [0.15, 0.2) is 46.9 Å². The van der Waals surface area contributed by atoms with Crippen molar-refractivity contribution >= 4 is 5.78 Å². The highest BCUT2D eigenvalue weighted by atomic mass is 16.5. The van der Waals surface area contributed by atoms with Crippen molar-refractivity contribution in [3.63, 3.8) is 0 Å². The van der Waals surface area contributed by atoms with Crippen molar-refractivity contribution in [2.24, 2.45) is 5.73 Å². The number of hydrogen-bond acceptors (Lipinski definition) is 7. The van der Waals surface area contributed by atoms with Crippen LogP contribution in [0.25, 0.3) is 0 Å². The molecule has 2 N–H and O–H groups in total. The summed E-state index contributed by atoms with van der Waals surface area (Å²) in [6.45, 7) is 2.53. The second kappa shape index (κ2) is 7.66. The summed E-state index contributed by atoms with van der Waals surface area (Å²) in [6, 6.07) is 9.82. The van der Waals surface area contributed by atoms with Crippen LogP contribution in [0.5, 0.6) is 5.75 Å². The lowest BCUT2D eigenvalue weighted by atomic mass is 9.75. The Morgan fingerprint density at radius 1 is 1.25 bits per heavy atom. The van der Waals surface area contributed by atoms with Gasteiger partial charge in [-0.2, -0.15) is 5.26 Å². The van der Waals surface area contributed by atoms with Crippen molar-refractivity contribution in [2.45, 2.75) is 25.2 Å². The van der Waals surface area contributed by atoms with Crippen molar-refractivity contribution in [3.8, 4) is 11.8 Å². The van der Waals surface area contributed by atoms with E-state index in [1.807, 2.05) is 29.3 Å². The van der Waals surface area contributed by atoms with E-state index in [2.05, 4.69) is 11.1 Å². The van der Waals surface area contributed by atoms with Gasteiger partial charge in [0.05, 0.1) is 37.9 Å². The number of nitriles is 1. The number of Topliss-reactive ketones (excluding diaryl/α,β-unsaturated/α-hetero) is 1. The summed E-state index contributed by atoms with van der Waals surface area (Å²) in [5.74, 6) is 0.628. The number of nitrogens with two attached hydrogens (primary N) is 1. The number of ether oxygens (including phenoxy) is 2. The van der Waals surface area contributed by atoms with Gasteiger partial charge in [-0.1, -0.05) is 18.2 Å². The molecule has 3 aliphatic rings. The molecule has 0 bridgehead atoms. The highest BCUT2D eigenvalue weighted by molar-refractivity contribution is 6.00. The number of benzene rings is 1. The fourth-order valence-corrected chi connectivity index (χ4v) is 4.36. The van der Waals surface area contributed by atoms with Crippen molar-refractivity contribution in [1.29, 1.82) is 5.26 Å². The predicted molar refractivity (Wildman–Crippen MR) is 103 cm³/mol. The zero-order chi connectivity index (χ0) is 19.7. The average molecular weight is 380 g/mol. The van der Waals surface area contributed by atoms with E-state index in [0.717, 1.165) is 24.1 Å². The van der Waals surface area contributed by atoms with Gasteiger partial charge in [0.1, 0.15) is 11.6 Å². The van der Waals surface area contributed by atoms with Gasteiger partial charge in [0, 0.05) is 36.3 Å². The van der Waals surface area contributed by atoms with Crippen LogP contribution in [0.2, 0.25) is 0 Å². The number of carbonyl (C=O) groups is 1. The van der Waals surface area contributed by atoms with Crippen LogP contribution in [0.4, 0.5) is 0 Å². The van der Waals surface area contributed by atoms with Gasteiger partial charge in [-0.25, -0.2) is 5.01 Å². The SMILES string of the molecule is COc1ccccc1C1C(C#N)=C(N)N(N2CCOCC2)C2=C1C(=O)CCC2. The molecule has 0 spiro atoms. The van der Waals surface area contributed by atoms with Gasteiger partial charge in [0.15, 0.2) is 5.78 Å². The van der Waals surface area contributed by atoms with E-state index >= 15 is 0 Å². The van der Waals surface area contributed by atoms with Crippen molar-refractivity contribution in [3.05, 3.63) is 52.5 Å². The van der Waals surface area contributed by atoms with Crippen molar-refractivity contribution in [1.82, 2.24) is 10.0 Å². The minimum absolute atomic E-state index is 0.0793. The lowest BCUT2D eigenvalue weighted by molar-refractivity contribution is -0.117. The van der Waals surface area contributed by atoms with E-state index in [-0.39, 0.29) is 5.78 Å². The van der Waals surface area contributed by atoms with Gasteiger partial charge in [-0.3, -0.25) is 9.80 Å². The molecule has 0 saturated carbocycles. The number of ketones is 1. The summed E-state index contributed by atoms with van der Waals surface area (Å²) in [4.78, 5) is 13.1. The zero-order valence-corrected chi connectivity index (χ0v) is 16.0. The van der Waals surface area contributed by atoms with Crippen LogP contribution in [0.1, 0.15) is 30.7 Å². The summed E-state index contributed by atoms with van der Waals surface area (Å²) >= 11 is 0. The molecular formula is C21H24N4O3. The first kappa shape index (κ1) is 18.5. The van der Waals surface area contributed by atoms with E-state index in [0.29, 0.717) is 55.4 Å². The summed E-state index contributed by atoms with van der Waals surface area (Å²) in [5, 5.41) is 14.0. The first-order valence-electron chi connectivity index (χ1n) is 9.59. The minimum Gasteiger partial charge on any atom is -0.496 e. The van der Waals surface area contributed by atoms with Crippen LogP contribution in [-0.4, -0.2) is 49.2 Å². The topological polar surface area (TPSA) is 91.8 Å². The molecule has 1 fully saturated rings. The third-order valence-electron chi connectivity index (χ3n) is 5.61. The Kier molecular flexibility index (Phi) is 5.07. The number of carbonyl (C=O) groups excluding carboxylic acids is 1. The van der Waals surface area contributed by atoms with Crippen LogP contribution in [0, 0.1) is 11.3 Å². The number of morpholine rings is 1. The second-order valence-electron chi connectivity index (χ2n) is 7.10. The molecule has 1 aromatic carbocycles. The number of methoxy groups -OCH3 is 1. The Labute approximate surface area is 164 Å². The summed E-state index contributed by atoms with van der Waals surface area (Å²) in [6.07, 6.45) is 2.02. The number of rotatable bonds is 3. The molecule has 2 aliphatic heterocycles. The van der Waals surface area contributed by atoms with Gasteiger partial charge >= 0.3 is 0 Å². The molecule has 28 heavy (non-hydrogen) atoms. The van der Waals surface area contributed by atoms with Gasteiger partial charge < -0.3 is 15.2 Å². The third-order valence-corrected chi connectivity index (χ3v) is 5.61. The first-order valence-corrected chi connectivity index (χ1v) is 9.59. The largest absolute Gasteiger partial charge is 0.496 e. The molecule has 7 heteroatoms. The number of hydrazine groups is 1. The molecule has 0 aromatic heterocycles. The number of para-hydroxylation sites is 1. The maximum absolute atomic E-state index is 13.1. The monoisotopic (exact) mass is 380 g/mol. The van der Waals surface area contributed by atoms with Crippen molar-refractivity contribution in [2.75, 3.05) is 33.4 Å². The fraction of sp³-hybridized carbons (Fsp3) is 0.429. The van der Waals surface area contributed by atoms with Gasteiger partial charge in [0.2, 0.25) is 0 Å². The molecule has 2 heterocycles. The van der Waals surface area contributed by atoms with Crippen LogP contribution in [0.3, 0.4) is 0 Å². The minimum atomic E-state index is -0.499. The molecule has 1 atom stereocenters. The molecule has 7 nitrogen and oxygen atoms in total. The van der Waals surface area contributed by atoms with Crippen molar-refractivity contribution < 1.29 is 14.3 Å². The molecular weight excluding hydrogens is 356 g/mol. The number of nitrogens with zero attached hydrogens (tertiary/aromatic N) is 3. The molecule has 146 valence electrons.